The van der Waals surface area contributed by atoms with Crippen LogP contribution in [0.3, 0.4) is 0 Å². The predicted octanol–water partition coefficient (Wildman–Crippen LogP) is 1.38. The van der Waals surface area contributed by atoms with Gasteiger partial charge in [0.25, 0.3) is 0 Å². The van der Waals surface area contributed by atoms with E-state index in [9.17, 15) is 4.79 Å². The van der Waals surface area contributed by atoms with Crippen molar-refractivity contribution in [2.45, 2.75) is 19.4 Å². The molecule has 1 saturated carbocycles. The molecule has 1 aromatic rings. The largest absolute Gasteiger partial charge is 0.338 e. The molecular weight excluding hydrogens is 250 g/mol. The number of nitrogens with zero attached hydrogens (tertiary/aromatic N) is 3. The summed E-state index contributed by atoms with van der Waals surface area (Å²) in [6, 6.07) is 4.00. The standard InChI is InChI=1S/C16H21N3O/c20-16-15-11-18(7-12-1-2-12)9-14(15)10-19(16)8-13-3-5-17-6-4-13/h3-6,12,14-15H,1-2,7-11H2/t14-,15-/m1/s1. The first-order chi connectivity index (χ1) is 9.79. The highest BCUT2D eigenvalue weighted by atomic mass is 16.2. The molecule has 0 unspecified atom stereocenters. The average Bonchev–Trinajstić information content (AvgIpc) is 3.11. The molecule has 4 heteroatoms. The maximum atomic E-state index is 12.5. The number of carbonyl (C=O) groups excluding carboxylic acids is 1. The Balaban J connectivity index is 1.38. The second-order valence-electron chi connectivity index (χ2n) is 6.60. The second-order valence-corrected chi connectivity index (χ2v) is 6.60. The monoisotopic (exact) mass is 271 g/mol. The molecule has 0 spiro atoms. The van der Waals surface area contributed by atoms with Gasteiger partial charge in [0.2, 0.25) is 5.91 Å². The van der Waals surface area contributed by atoms with Crippen molar-refractivity contribution in [2.75, 3.05) is 26.2 Å². The van der Waals surface area contributed by atoms with Gasteiger partial charge in [0, 0.05) is 51.0 Å². The third kappa shape index (κ3) is 2.33. The van der Waals surface area contributed by atoms with E-state index in [1.165, 1.54) is 24.9 Å². The molecule has 0 N–H and O–H groups in total. The van der Waals surface area contributed by atoms with Crippen LogP contribution in [0, 0.1) is 17.8 Å². The molecule has 3 fully saturated rings. The summed E-state index contributed by atoms with van der Waals surface area (Å²) in [5.41, 5.74) is 1.18. The molecule has 0 radical (unpaired) electrons. The van der Waals surface area contributed by atoms with Gasteiger partial charge in [-0.1, -0.05) is 0 Å². The van der Waals surface area contributed by atoms with Gasteiger partial charge >= 0.3 is 0 Å². The van der Waals surface area contributed by atoms with Gasteiger partial charge in [-0.2, -0.15) is 0 Å². The fraction of sp³-hybridized carbons (Fsp3) is 0.625. The number of likely N-dealkylation sites (tertiary alicyclic amines) is 2. The number of carbonyl (C=O) groups is 1. The number of rotatable bonds is 4. The summed E-state index contributed by atoms with van der Waals surface area (Å²) < 4.78 is 0. The van der Waals surface area contributed by atoms with Crippen molar-refractivity contribution in [3.8, 4) is 0 Å². The highest BCUT2D eigenvalue weighted by molar-refractivity contribution is 5.82. The predicted molar refractivity (Wildman–Crippen MR) is 75.8 cm³/mol. The van der Waals surface area contributed by atoms with E-state index in [0.29, 0.717) is 11.8 Å². The van der Waals surface area contributed by atoms with Gasteiger partial charge in [-0.3, -0.25) is 9.78 Å². The Morgan fingerprint density at radius 1 is 1.15 bits per heavy atom. The fourth-order valence-corrected chi connectivity index (χ4v) is 3.70. The molecule has 1 amide bonds. The number of pyridine rings is 1. The lowest BCUT2D eigenvalue weighted by atomic mass is 10.0. The number of amides is 1. The van der Waals surface area contributed by atoms with Crippen molar-refractivity contribution < 1.29 is 4.79 Å². The van der Waals surface area contributed by atoms with E-state index in [4.69, 9.17) is 0 Å². The molecule has 2 saturated heterocycles. The summed E-state index contributed by atoms with van der Waals surface area (Å²) in [5, 5.41) is 0. The normalized spacial score (nSPS) is 30.0. The van der Waals surface area contributed by atoms with Gasteiger partial charge in [-0.05, 0) is 36.5 Å². The Labute approximate surface area is 119 Å². The van der Waals surface area contributed by atoms with Crippen molar-refractivity contribution in [1.82, 2.24) is 14.8 Å². The van der Waals surface area contributed by atoms with Crippen molar-refractivity contribution in [3.05, 3.63) is 30.1 Å². The van der Waals surface area contributed by atoms with Gasteiger partial charge in [0.05, 0.1) is 5.92 Å². The maximum Gasteiger partial charge on any atom is 0.227 e. The Bertz CT molecular complexity index is 500. The van der Waals surface area contributed by atoms with Crippen LogP contribution in [0.25, 0.3) is 0 Å². The topological polar surface area (TPSA) is 36.4 Å². The molecule has 0 aromatic carbocycles. The van der Waals surface area contributed by atoms with Crippen molar-refractivity contribution in [3.63, 3.8) is 0 Å². The van der Waals surface area contributed by atoms with Gasteiger partial charge in [-0.15, -0.1) is 0 Å². The van der Waals surface area contributed by atoms with Crippen LogP contribution in [0.5, 0.6) is 0 Å². The zero-order chi connectivity index (χ0) is 13.5. The van der Waals surface area contributed by atoms with Crippen molar-refractivity contribution in [1.29, 1.82) is 0 Å². The van der Waals surface area contributed by atoms with Crippen LogP contribution in [0.2, 0.25) is 0 Å². The first-order valence-corrected chi connectivity index (χ1v) is 7.69. The molecular formula is C16H21N3O. The minimum Gasteiger partial charge on any atom is -0.338 e. The number of aromatic nitrogens is 1. The third-order valence-electron chi connectivity index (χ3n) is 4.94. The van der Waals surface area contributed by atoms with Gasteiger partial charge in [-0.25, -0.2) is 0 Å². The Kier molecular flexibility index (Phi) is 2.99. The van der Waals surface area contributed by atoms with Crippen LogP contribution in [0.1, 0.15) is 18.4 Å². The highest BCUT2D eigenvalue weighted by Crippen LogP contribution is 2.36. The molecule has 2 aliphatic heterocycles. The minimum atomic E-state index is 0.260. The van der Waals surface area contributed by atoms with Crippen LogP contribution in [-0.2, 0) is 11.3 Å². The Hall–Kier alpha value is -1.42. The molecule has 20 heavy (non-hydrogen) atoms. The average molecular weight is 271 g/mol. The van der Waals surface area contributed by atoms with E-state index in [0.717, 1.165) is 32.1 Å². The number of hydrogen-bond donors (Lipinski definition) is 0. The SMILES string of the molecule is O=C1[C@@H]2CN(CC3CC3)C[C@@H]2CN1Cc1ccncc1. The zero-order valence-corrected chi connectivity index (χ0v) is 11.7. The molecule has 4 rings (SSSR count). The summed E-state index contributed by atoms with van der Waals surface area (Å²) in [5.74, 6) is 2.11. The first kappa shape index (κ1) is 12.3. The first-order valence-electron chi connectivity index (χ1n) is 7.69. The molecule has 3 aliphatic rings. The summed E-state index contributed by atoms with van der Waals surface area (Å²) in [7, 11) is 0. The van der Waals surface area contributed by atoms with E-state index < -0.39 is 0 Å². The van der Waals surface area contributed by atoms with Crippen LogP contribution < -0.4 is 0 Å². The number of hydrogen-bond acceptors (Lipinski definition) is 3. The van der Waals surface area contributed by atoms with Gasteiger partial charge < -0.3 is 9.80 Å². The molecule has 4 nitrogen and oxygen atoms in total. The molecule has 106 valence electrons. The summed E-state index contributed by atoms with van der Waals surface area (Å²) in [6.07, 6.45) is 6.39. The smallest absolute Gasteiger partial charge is 0.227 e. The summed E-state index contributed by atoms with van der Waals surface area (Å²) >= 11 is 0. The van der Waals surface area contributed by atoms with E-state index >= 15 is 0 Å². The van der Waals surface area contributed by atoms with Gasteiger partial charge in [0.15, 0.2) is 0 Å². The second kappa shape index (κ2) is 4.85. The van der Waals surface area contributed by atoms with Crippen LogP contribution >= 0.6 is 0 Å². The van der Waals surface area contributed by atoms with E-state index in [-0.39, 0.29) is 5.92 Å². The van der Waals surface area contributed by atoms with Crippen LogP contribution in [0.15, 0.2) is 24.5 Å². The Morgan fingerprint density at radius 3 is 2.65 bits per heavy atom. The molecule has 0 bridgehead atoms. The molecule has 1 aromatic heterocycles. The quantitative estimate of drug-likeness (QED) is 0.830. The summed E-state index contributed by atoms with van der Waals surface area (Å²) in [6.45, 7) is 5.03. The lowest BCUT2D eigenvalue weighted by Gasteiger charge is -2.21. The molecule has 1 aliphatic carbocycles. The minimum absolute atomic E-state index is 0.260. The molecule has 3 heterocycles. The van der Waals surface area contributed by atoms with Crippen molar-refractivity contribution >= 4 is 5.91 Å². The Morgan fingerprint density at radius 2 is 1.95 bits per heavy atom. The number of fused-ring (bicyclic) bond motifs is 1. The van der Waals surface area contributed by atoms with E-state index in [1.807, 2.05) is 17.0 Å². The van der Waals surface area contributed by atoms with E-state index in [2.05, 4.69) is 9.88 Å². The zero-order valence-electron chi connectivity index (χ0n) is 11.7. The molecule has 2 atom stereocenters. The highest BCUT2D eigenvalue weighted by Gasteiger charge is 2.46. The lowest BCUT2D eigenvalue weighted by molar-refractivity contribution is -0.131. The van der Waals surface area contributed by atoms with E-state index in [1.54, 1.807) is 12.4 Å². The lowest BCUT2D eigenvalue weighted by Crippen LogP contribution is -2.33. The maximum absolute atomic E-state index is 12.5. The van der Waals surface area contributed by atoms with Gasteiger partial charge in [0.1, 0.15) is 0 Å². The van der Waals surface area contributed by atoms with Crippen LogP contribution in [-0.4, -0.2) is 46.9 Å². The fourth-order valence-electron chi connectivity index (χ4n) is 3.70. The van der Waals surface area contributed by atoms with Crippen LogP contribution in [0.4, 0.5) is 0 Å². The summed E-state index contributed by atoms with van der Waals surface area (Å²) in [4.78, 5) is 21.1. The third-order valence-corrected chi connectivity index (χ3v) is 4.94. The van der Waals surface area contributed by atoms with Crippen molar-refractivity contribution in [2.24, 2.45) is 17.8 Å².